The van der Waals surface area contributed by atoms with Gasteiger partial charge in [-0.25, -0.2) is 4.79 Å². The maximum absolute atomic E-state index is 12.7. The van der Waals surface area contributed by atoms with E-state index >= 15 is 0 Å². The summed E-state index contributed by atoms with van der Waals surface area (Å²) >= 11 is 0. The van der Waals surface area contributed by atoms with Crippen LogP contribution in [-0.2, 0) is 19.1 Å². The van der Waals surface area contributed by atoms with E-state index in [1.54, 1.807) is 17.4 Å². The third-order valence-corrected chi connectivity index (χ3v) is 5.09. The van der Waals surface area contributed by atoms with Crippen molar-refractivity contribution in [3.05, 3.63) is 24.2 Å². The van der Waals surface area contributed by atoms with Crippen LogP contribution in [0.5, 0.6) is 0 Å². The molecular formula is C16H21N2O5+. The maximum atomic E-state index is 12.7. The molecule has 2 amide bonds. The van der Waals surface area contributed by atoms with E-state index in [1.165, 1.54) is 20.4 Å². The first kappa shape index (κ1) is 15.7. The van der Waals surface area contributed by atoms with Crippen LogP contribution in [0.15, 0.2) is 22.8 Å². The lowest BCUT2D eigenvalue weighted by atomic mass is 9.77. The van der Waals surface area contributed by atoms with Crippen molar-refractivity contribution in [3.8, 4) is 0 Å². The summed E-state index contributed by atoms with van der Waals surface area (Å²) in [6.07, 6.45) is 2.69. The van der Waals surface area contributed by atoms with E-state index in [4.69, 9.17) is 9.15 Å². The molecule has 2 saturated heterocycles. The van der Waals surface area contributed by atoms with Crippen LogP contribution in [0.2, 0.25) is 0 Å². The average Bonchev–Trinajstić information content (AvgIpc) is 3.22. The van der Waals surface area contributed by atoms with Crippen molar-refractivity contribution in [3.63, 3.8) is 0 Å². The van der Waals surface area contributed by atoms with E-state index in [0.29, 0.717) is 18.6 Å². The molecule has 23 heavy (non-hydrogen) atoms. The summed E-state index contributed by atoms with van der Waals surface area (Å²) < 4.78 is 10.5. The fourth-order valence-corrected chi connectivity index (χ4v) is 4.15. The number of hydrogen-bond acceptors (Lipinski definition) is 5. The monoisotopic (exact) mass is 321 g/mol. The highest BCUT2D eigenvalue weighted by Crippen LogP contribution is 2.45. The zero-order chi connectivity index (χ0) is 16.8. The van der Waals surface area contributed by atoms with Crippen molar-refractivity contribution in [2.75, 3.05) is 14.2 Å². The van der Waals surface area contributed by atoms with E-state index in [1.807, 2.05) is 6.92 Å². The van der Waals surface area contributed by atoms with Gasteiger partial charge in [-0.05, 0) is 18.6 Å². The predicted octanol–water partition coefficient (Wildman–Crippen LogP) is -0.159. The quantitative estimate of drug-likeness (QED) is 0.614. The number of carbonyl (C=O) groups is 3. The molecule has 7 nitrogen and oxygen atoms in total. The molecule has 0 spiro atoms. The minimum Gasteiger partial charge on any atom is -0.464 e. The smallest absolute Gasteiger partial charge is 0.368 e. The van der Waals surface area contributed by atoms with Crippen molar-refractivity contribution in [2.24, 2.45) is 11.8 Å². The number of esters is 1. The molecule has 3 heterocycles. The lowest BCUT2D eigenvalue weighted by molar-refractivity contribution is -0.736. The Labute approximate surface area is 134 Å². The van der Waals surface area contributed by atoms with Gasteiger partial charge >= 0.3 is 5.97 Å². The number of methoxy groups -OCH3 is 1. The fourth-order valence-electron chi connectivity index (χ4n) is 4.15. The Balaban J connectivity index is 2.13. The van der Waals surface area contributed by atoms with Crippen LogP contribution in [0.4, 0.5) is 0 Å². The normalized spacial score (nSPS) is 33.2. The van der Waals surface area contributed by atoms with Crippen molar-refractivity contribution in [1.82, 2.24) is 4.90 Å². The number of nitrogens with two attached hydrogens (primary N) is 1. The second kappa shape index (κ2) is 5.49. The van der Waals surface area contributed by atoms with Crippen LogP contribution < -0.4 is 5.32 Å². The molecule has 0 aromatic carbocycles. The van der Waals surface area contributed by atoms with Gasteiger partial charge in [0.25, 0.3) is 0 Å². The van der Waals surface area contributed by atoms with Crippen LogP contribution in [-0.4, -0.2) is 42.4 Å². The first-order valence-corrected chi connectivity index (χ1v) is 7.77. The van der Waals surface area contributed by atoms with Crippen LogP contribution in [0.3, 0.4) is 0 Å². The zero-order valence-corrected chi connectivity index (χ0v) is 13.4. The number of fused-ring (bicyclic) bond motifs is 1. The van der Waals surface area contributed by atoms with Gasteiger partial charge in [0, 0.05) is 13.5 Å². The number of furan rings is 1. The highest BCUT2D eigenvalue weighted by atomic mass is 16.5. The van der Waals surface area contributed by atoms with Gasteiger partial charge < -0.3 is 14.5 Å². The summed E-state index contributed by atoms with van der Waals surface area (Å²) in [7, 11) is 2.78. The minimum absolute atomic E-state index is 0.264. The van der Waals surface area contributed by atoms with Gasteiger partial charge in [0.15, 0.2) is 11.8 Å². The van der Waals surface area contributed by atoms with Crippen LogP contribution in [0, 0.1) is 11.8 Å². The second-order valence-electron chi connectivity index (χ2n) is 6.23. The number of rotatable bonds is 4. The first-order chi connectivity index (χ1) is 11.0. The van der Waals surface area contributed by atoms with Crippen LogP contribution >= 0.6 is 0 Å². The molecule has 2 aliphatic heterocycles. The molecule has 2 N–H and O–H groups in total. The zero-order valence-electron chi connectivity index (χ0n) is 13.4. The SMILES string of the molecule is CCC[C@]1(C(=O)OC)[NH2+][C@@H](c2ccco2)[C@H]2C(=O)N(C)C(=O)[C@H]21. The summed E-state index contributed by atoms with van der Waals surface area (Å²) in [5.41, 5.74) is -1.08. The number of imide groups is 1. The molecule has 0 aliphatic carbocycles. The number of amides is 2. The molecule has 1 aromatic heterocycles. The summed E-state index contributed by atoms with van der Waals surface area (Å²) in [5.74, 6) is -1.77. The summed E-state index contributed by atoms with van der Waals surface area (Å²) in [6, 6.07) is 3.11. The van der Waals surface area contributed by atoms with Crippen molar-refractivity contribution >= 4 is 17.8 Å². The van der Waals surface area contributed by atoms with Gasteiger partial charge in [0.2, 0.25) is 17.4 Å². The molecule has 2 aliphatic rings. The Kier molecular flexibility index (Phi) is 3.75. The maximum Gasteiger partial charge on any atom is 0.368 e. The largest absolute Gasteiger partial charge is 0.464 e. The molecule has 0 unspecified atom stereocenters. The molecular weight excluding hydrogens is 300 g/mol. The van der Waals surface area contributed by atoms with Gasteiger partial charge in [-0.1, -0.05) is 6.92 Å². The molecule has 0 bridgehead atoms. The lowest BCUT2D eigenvalue weighted by Gasteiger charge is -2.28. The number of quaternary nitrogens is 1. The minimum atomic E-state index is -1.08. The molecule has 3 rings (SSSR count). The molecule has 0 saturated carbocycles. The lowest BCUT2D eigenvalue weighted by Crippen LogP contribution is -2.98. The third-order valence-electron chi connectivity index (χ3n) is 5.09. The highest BCUT2D eigenvalue weighted by molar-refractivity contribution is 6.08. The molecule has 4 atom stereocenters. The van der Waals surface area contributed by atoms with Gasteiger partial charge in [0.1, 0.15) is 11.8 Å². The second-order valence-corrected chi connectivity index (χ2v) is 6.23. The van der Waals surface area contributed by atoms with Gasteiger partial charge in [-0.3, -0.25) is 14.5 Å². The summed E-state index contributed by atoms with van der Waals surface area (Å²) in [6.45, 7) is 1.94. The Morgan fingerprint density at radius 3 is 2.74 bits per heavy atom. The Bertz CT molecular complexity index is 641. The van der Waals surface area contributed by atoms with Gasteiger partial charge in [0.05, 0.1) is 13.4 Å². The predicted molar refractivity (Wildman–Crippen MR) is 77.8 cm³/mol. The number of ether oxygens (including phenoxy) is 1. The topological polar surface area (TPSA) is 93.4 Å². The summed E-state index contributed by atoms with van der Waals surface area (Å²) in [5, 5.41) is 1.80. The van der Waals surface area contributed by atoms with Crippen LogP contribution in [0.1, 0.15) is 31.6 Å². The number of carbonyl (C=O) groups excluding carboxylic acids is 3. The number of hydrogen-bond donors (Lipinski definition) is 1. The molecule has 0 radical (unpaired) electrons. The van der Waals surface area contributed by atoms with E-state index in [-0.39, 0.29) is 11.8 Å². The van der Waals surface area contributed by atoms with Gasteiger partial charge in [-0.2, -0.15) is 0 Å². The average molecular weight is 321 g/mol. The molecule has 1 aromatic rings. The summed E-state index contributed by atoms with van der Waals surface area (Å²) in [4.78, 5) is 39.0. The van der Waals surface area contributed by atoms with Crippen LogP contribution in [0.25, 0.3) is 0 Å². The highest BCUT2D eigenvalue weighted by Gasteiger charge is 2.72. The molecule has 124 valence electrons. The van der Waals surface area contributed by atoms with E-state index in [0.717, 1.165) is 4.90 Å². The van der Waals surface area contributed by atoms with Gasteiger partial charge in [-0.15, -0.1) is 0 Å². The fraction of sp³-hybridized carbons (Fsp3) is 0.562. The van der Waals surface area contributed by atoms with Crippen molar-refractivity contribution < 1.29 is 28.9 Å². The molecule has 2 fully saturated rings. The Hall–Kier alpha value is -2.15. The Morgan fingerprint density at radius 2 is 2.17 bits per heavy atom. The number of likely N-dealkylation sites (tertiary alicyclic amines) is 1. The number of nitrogens with zero attached hydrogens (tertiary/aromatic N) is 1. The first-order valence-electron chi connectivity index (χ1n) is 7.77. The molecule has 7 heteroatoms. The Morgan fingerprint density at radius 1 is 1.43 bits per heavy atom. The van der Waals surface area contributed by atoms with Crippen molar-refractivity contribution in [1.29, 1.82) is 0 Å². The van der Waals surface area contributed by atoms with E-state index in [9.17, 15) is 14.4 Å². The van der Waals surface area contributed by atoms with E-state index in [2.05, 4.69) is 0 Å². The van der Waals surface area contributed by atoms with E-state index < -0.39 is 29.4 Å². The third kappa shape index (κ3) is 2.03. The van der Waals surface area contributed by atoms with Crippen molar-refractivity contribution in [2.45, 2.75) is 31.3 Å². The standard InChI is InChI=1S/C16H20N2O5/c1-4-7-16(15(21)22-3)11-10(13(19)18(2)14(11)20)12(17-16)9-6-5-8-23-9/h5-6,8,10-12,17H,4,7H2,1-3H3/p+1/t10-,11-,12-,16-/m0/s1.